The van der Waals surface area contributed by atoms with Crippen molar-refractivity contribution in [1.82, 2.24) is 10.2 Å². The average Bonchev–Trinajstić information content (AvgIpc) is 2.53. The van der Waals surface area contributed by atoms with E-state index in [-0.39, 0.29) is 0 Å². The number of guanidine groups is 1. The summed E-state index contributed by atoms with van der Waals surface area (Å²) in [5.41, 5.74) is 0. The van der Waals surface area contributed by atoms with E-state index in [0.717, 1.165) is 57.6 Å². The normalized spacial score (nSPS) is 17.0. The van der Waals surface area contributed by atoms with Crippen LogP contribution >= 0.6 is 0 Å². The first-order valence-corrected chi connectivity index (χ1v) is 8.26. The molecule has 0 atom stereocenters. The van der Waals surface area contributed by atoms with E-state index >= 15 is 0 Å². The molecule has 0 aromatic rings. The Morgan fingerprint density at radius 1 is 1.29 bits per heavy atom. The van der Waals surface area contributed by atoms with Crippen molar-refractivity contribution in [2.75, 3.05) is 54.1 Å². The molecule has 0 radical (unpaired) electrons. The van der Waals surface area contributed by atoms with Gasteiger partial charge in [-0.15, -0.1) is 0 Å². The van der Waals surface area contributed by atoms with E-state index in [2.05, 4.69) is 22.3 Å². The molecular weight excluding hydrogens is 266 g/mol. The molecule has 1 saturated heterocycles. The minimum absolute atomic E-state index is 0.813. The van der Waals surface area contributed by atoms with Gasteiger partial charge in [-0.1, -0.05) is 0 Å². The molecule has 5 heteroatoms. The fourth-order valence-electron chi connectivity index (χ4n) is 2.65. The van der Waals surface area contributed by atoms with Crippen LogP contribution in [0.3, 0.4) is 0 Å². The molecule has 1 aliphatic rings. The Balaban J connectivity index is 2.12. The Hall–Kier alpha value is -0.810. The highest BCUT2D eigenvalue weighted by Crippen LogP contribution is 2.18. The number of ether oxygens (including phenoxy) is 2. The van der Waals surface area contributed by atoms with Crippen molar-refractivity contribution in [3.8, 4) is 0 Å². The second kappa shape index (κ2) is 11.8. The van der Waals surface area contributed by atoms with Gasteiger partial charge in [-0.05, 0) is 44.4 Å². The SMILES string of the molecule is CN=C(NCCCCCOC)N(C)CCC1CCOCC1. The van der Waals surface area contributed by atoms with Crippen molar-refractivity contribution < 1.29 is 9.47 Å². The van der Waals surface area contributed by atoms with Crippen LogP contribution in [0, 0.1) is 5.92 Å². The molecule has 0 saturated carbocycles. The highest BCUT2D eigenvalue weighted by Gasteiger charge is 2.15. The van der Waals surface area contributed by atoms with Crippen LogP contribution in [0.2, 0.25) is 0 Å². The summed E-state index contributed by atoms with van der Waals surface area (Å²) in [6.07, 6.45) is 7.14. The maximum Gasteiger partial charge on any atom is 0.193 e. The maximum absolute atomic E-state index is 5.41. The van der Waals surface area contributed by atoms with Crippen molar-refractivity contribution in [3.05, 3.63) is 0 Å². The number of nitrogens with zero attached hydrogens (tertiary/aromatic N) is 2. The van der Waals surface area contributed by atoms with Crippen LogP contribution in [0.4, 0.5) is 0 Å². The van der Waals surface area contributed by atoms with Gasteiger partial charge in [-0.3, -0.25) is 4.99 Å². The Morgan fingerprint density at radius 3 is 2.71 bits per heavy atom. The highest BCUT2D eigenvalue weighted by molar-refractivity contribution is 5.79. The van der Waals surface area contributed by atoms with E-state index in [4.69, 9.17) is 9.47 Å². The van der Waals surface area contributed by atoms with Gasteiger partial charge in [0.1, 0.15) is 0 Å². The first-order chi connectivity index (χ1) is 10.3. The lowest BCUT2D eigenvalue weighted by Crippen LogP contribution is -2.40. The van der Waals surface area contributed by atoms with Crippen molar-refractivity contribution in [3.63, 3.8) is 0 Å². The van der Waals surface area contributed by atoms with Gasteiger partial charge in [-0.25, -0.2) is 0 Å². The zero-order valence-corrected chi connectivity index (χ0v) is 14.1. The molecule has 0 amide bonds. The fraction of sp³-hybridized carbons (Fsp3) is 0.938. The number of aliphatic imine (C=N–C) groups is 1. The molecule has 0 aromatic heterocycles. The van der Waals surface area contributed by atoms with Crippen LogP contribution in [-0.2, 0) is 9.47 Å². The number of nitrogens with one attached hydrogen (secondary N) is 1. The van der Waals surface area contributed by atoms with E-state index in [0.29, 0.717) is 0 Å². The fourth-order valence-corrected chi connectivity index (χ4v) is 2.65. The van der Waals surface area contributed by atoms with Crippen LogP contribution in [0.25, 0.3) is 0 Å². The molecule has 0 bridgehead atoms. The number of rotatable bonds is 9. The van der Waals surface area contributed by atoms with E-state index < -0.39 is 0 Å². The Morgan fingerprint density at radius 2 is 2.05 bits per heavy atom. The molecule has 124 valence electrons. The summed E-state index contributed by atoms with van der Waals surface area (Å²) in [5.74, 6) is 1.82. The van der Waals surface area contributed by atoms with E-state index in [1.54, 1.807) is 7.11 Å². The van der Waals surface area contributed by atoms with Gasteiger partial charge in [0.05, 0.1) is 0 Å². The third-order valence-electron chi connectivity index (χ3n) is 4.10. The number of unbranched alkanes of at least 4 members (excludes halogenated alkanes) is 2. The first-order valence-electron chi connectivity index (χ1n) is 8.26. The quantitative estimate of drug-likeness (QED) is 0.402. The molecule has 1 rings (SSSR count). The summed E-state index contributed by atoms with van der Waals surface area (Å²) >= 11 is 0. The molecule has 21 heavy (non-hydrogen) atoms. The summed E-state index contributed by atoms with van der Waals surface area (Å²) in [6, 6.07) is 0. The Bertz CT molecular complexity index is 279. The average molecular weight is 299 g/mol. The third-order valence-corrected chi connectivity index (χ3v) is 4.10. The largest absolute Gasteiger partial charge is 0.385 e. The predicted octanol–water partition coefficient (Wildman–Crippen LogP) is 2.13. The molecule has 1 fully saturated rings. The number of methoxy groups -OCH3 is 1. The second-order valence-electron chi connectivity index (χ2n) is 5.79. The monoisotopic (exact) mass is 299 g/mol. The molecule has 1 N–H and O–H groups in total. The van der Waals surface area contributed by atoms with E-state index in [1.807, 2.05) is 7.05 Å². The Kier molecular flexibility index (Phi) is 10.3. The summed E-state index contributed by atoms with van der Waals surface area (Å²) in [6.45, 7) is 4.78. The van der Waals surface area contributed by atoms with Crippen LogP contribution in [0.1, 0.15) is 38.5 Å². The third kappa shape index (κ3) is 8.27. The minimum Gasteiger partial charge on any atom is -0.385 e. The lowest BCUT2D eigenvalue weighted by atomic mass is 9.96. The molecule has 0 spiro atoms. The molecule has 0 aliphatic carbocycles. The minimum atomic E-state index is 0.813. The number of hydrogen-bond acceptors (Lipinski definition) is 3. The number of hydrogen-bond donors (Lipinski definition) is 1. The van der Waals surface area contributed by atoms with Crippen molar-refractivity contribution in [1.29, 1.82) is 0 Å². The zero-order valence-electron chi connectivity index (χ0n) is 14.1. The van der Waals surface area contributed by atoms with Crippen molar-refractivity contribution in [2.45, 2.75) is 38.5 Å². The smallest absolute Gasteiger partial charge is 0.193 e. The van der Waals surface area contributed by atoms with Gasteiger partial charge in [0.25, 0.3) is 0 Å². The standard InChI is InChI=1S/C16H33N3O2/c1-17-16(18-10-5-4-6-12-20-3)19(2)11-7-15-8-13-21-14-9-15/h15H,4-14H2,1-3H3,(H,17,18). The molecule has 0 unspecified atom stereocenters. The van der Waals surface area contributed by atoms with E-state index in [1.165, 1.54) is 25.7 Å². The summed E-state index contributed by atoms with van der Waals surface area (Å²) in [7, 11) is 5.74. The molecule has 0 aromatic carbocycles. The second-order valence-corrected chi connectivity index (χ2v) is 5.79. The lowest BCUT2D eigenvalue weighted by molar-refractivity contribution is 0.0625. The maximum atomic E-state index is 5.41. The van der Waals surface area contributed by atoms with Gasteiger partial charge >= 0.3 is 0 Å². The van der Waals surface area contributed by atoms with Crippen LogP contribution in [-0.4, -0.2) is 65.0 Å². The molecular formula is C16H33N3O2. The highest BCUT2D eigenvalue weighted by atomic mass is 16.5. The van der Waals surface area contributed by atoms with E-state index in [9.17, 15) is 0 Å². The predicted molar refractivity (Wildman–Crippen MR) is 87.9 cm³/mol. The van der Waals surface area contributed by atoms with Gasteiger partial charge in [0.15, 0.2) is 5.96 Å². The summed E-state index contributed by atoms with van der Waals surface area (Å²) < 4.78 is 10.5. The summed E-state index contributed by atoms with van der Waals surface area (Å²) in [5, 5.41) is 3.44. The molecule has 5 nitrogen and oxygen atoms in total. The van der Waals surface area contributed by atoms with Crippen molar-refractivity contribution >= 4 is 5.96 Å². The van der Waals surface area contributed by atoms with Gasteiger partial charge < -0.3 is 19.7 Å². The van der Waals surface area contributed by atoms with Crippen LogP contribution < -0.4 is 5.32 Å². The summed E-state index contributed by atoms with van der Waals surface area (Å²) in [4.78, 5) is 6.61. The van der Waals surface area contributed by atoms with Crippen LogP contribution in [0.15, 0.2) is 4.99 Å². The molecule has 1 heterocycles. The van der Waals surface area contributed by atoms with Crippen LogP contribution in [0.5, 0.6) is 0 Å². The van der Waals surface area contributed by atoms with Crippen molar-refractivity contribution in [2.24, 2.45) is 10.9 Å². The van der Waals surface area contributed by atoms with Gasteiger partial charge in [0, 0.05) is 54.1 Å². The molecule has 1 aliphatic heterocycles. The topological polar surface area (TPSA) is 46.1 Å². The van der Waals surface area contributed by atoms with Gasteiger partial charge in [0.2, 0.25) is 0 Å². The lowest BCUT2D eigenvalue weighted by Gasteiger charge is -2.26. The zero-order chi connectivity index (χ0) is 15.3. The first kappa shape index (κ1) is 18.2. The Labute approximate surface area is 130 Å². The van der Waals surface area contributed by atoms with Gasteiger partial charge in [-0.2, -0.15) is 0 Å².